The van der Waals surface area contributed by atoms with Crippen LogP contribution in [0.5, 0.6) is 0 Å². The maximum absolute atomic E-state index is 11.4. The van der Waals surface area contributed by atoms with Crippen LogP contribution in [0.2, 0.25) is 76.6 Å². The van der Waals surface area contributed by atoms with E-state index in [1.54, 1.807) is 0 Å². The fourth-order valence-electron chi connectivity index (χ4n) is 4.43. The van der Waals surface area contributed by atoms with Crippen LogP contribution in [0.4, 0.5) is 4.79 Å². The van der Waals surface area contributed by atoms with Crippen LogP contribution in [0.1, 0.15) is 38.5 Å². The summed E-state index contributed by atoms with van der Waals surface area (Å²) in [6, 6.07) is 4.48. The van der Waals surface area contributed by atoms with Gasteiger partial charge in [0.15, 0.2) is 33.3 Å². The minimum absolute atomic E-state index is 0.200. The summed E-state index contributed by atoms with van der Waals surface area (Å²) in [6.07, 6.45) is 7.27. The van der Waals surface area contributed by atoms with Crippen molar-refractivity contribution < 1.29 is 27.3 Å². The zero-order valence-corrected chi connectivity index (χ0v) is 28.3. The number of unbranched alkanes of at least 4 members (excludes halogenated alkanes) is 3. The van der Waals surface area contributed by atoms with Crippen LogP contribution >= 0.6 is 0 Å². The zero-order valence-electron chi connectivity index (χ0n) is 24.3. The van der Waals surface area contributed by atoms with Crippen LogP contribution in [0.3, 0.4) is 0 Å². The molecule has 0 aromatic rings. The minimum atomic E-state index is -1.79. The molecule has 0 radical (unpaired) electrons. The highest BCUT2D eigenvalue weighted by molar-refractivity contribution is 6.88. The first-order valence-corrected chi connectivity index (χ1v) is 25.8. The molecule has 0 heterocycles. The highest BCUT2D eigenvalue weighted by Crippen LogP contribution is 2.30. The number of nitrogens with one attached hydrogen (secondary N) is 1. The summed E-state index contributed by atoms with van der Waals surface area (Å²) in [4.78, 5) is 22.7. The Morgan fingerprint density at radius 3 is 1.56 bits per heavy atom. The molecule has 11 heteroatoms. The Kier molecular flexibility index (Phi) is 16.3. The topological polar surface area (TPSA) is 83.1 Å². The van der Waals surface area contributed by atoms with Gasteiger partial charge in [-0.15, -0.1) is 0 Å². The third-order valence-corrected chi connectivity index (χ3v) is 21.3. The molecule has 1 N–H and O–H groups in total. The third-order valence-electron chi connectivity index (χ3n) is 5.97. The van der Waals surface area contributed by atoms with E-state index in [9.17, 15) is 9.59 Å². The second-order valence-corrected chi connectivity index (χ2v) is 29.6. The van der Waals surface area contributed by atoms with Crippen molar-refractivity contribution in [1.29, 1.82) is 0 Å². The molecule has 7 nitrogen and oxygen atoms in total. The van der Waals surface area contributed by atoms with Crippen LogP contribution < -0.4 is 5.32 Å². The summed E-state index contributed by atoms with van der Waals surface area (Å²) in [5, 5.41) is 2.72. The van der Waals surface area contributed by atoms with Gasteiger partial charge in [0.1, 0.15) is 0 Å². The maximum Gasteiger partial charge on any atom is 0.411 e. The van der Waals surface area contributed by atoms with Gasteiger partial charge in [-0.25, -0.2) is 4.79 Å². The Morgan fingerprint density at radius 2 is 1.08 bits per heavy atom. The number of carbonyl (C=O) groups excluding carboxylic acids is 2. The largest absolute Gasteiger partial charge is 0.456 e. The molecule has 0 atom stereocenters. The molecule has 0 rings (SSSR count). The molecule has 0 saturated heterocycles. The predicted octanol–water partition coefficient (Wildman–Crippen LogP) is 7.74. The first kappa shape index (κ1) is 35.0. The van der Waals surface area contributed by atoms with Crippen molar-refractivity contribution >= 4 is 45.3 Å². The lowest BCUT2D eigenvalue weighted by molar-refractivity contribution is -0.138. The van der Waals surface area contributed by atoms with Gasteiger partial charge in [0, 0.05) is 13.0 Å². The van der Waals surface area contributed by atoms with Crippen molar-refractivity contribution in [2.75, 3.05) is 6.54 Å². The van der Waals surface area contributed by atoms with Crippen molar-refractivity contribution in [3.63, 3.8) is 0 Å². The van der Waals surface area contributed by atoms with E-state index in [4.69, 9.17) is 13.0 Å². The zero-order chi connectivity index (χ0) is 27.9. The third kappa shape index (κ3) is 19.2. The van der Waals surface area contributed by atoms with E-state index < -0.39 is 39.4 Å². The number of alkyl carbamates (subject to hydrolysis) is 1. The highest BCUT2D eigenvalue weighted by Gasteiger charge is 2.37. The molecular weight excluding hydrogens is 523 g/mol. The van der Waals surface area contributed by atoms with E-state index >= 15 is 0 Å². The second-order valence-electron chi connectivity index (χ2n) is 11.9. The summed E-state index contributed by atoms with van der Waals surface area (Å²) in [6.45, 7) is 26.1. The first-order chi connectivity index (χ1) is 16.5. The maximum atomic E-state index is 11.4. The van der Waals surface area contributed by atoms with Crippen molar-refractivity contribution in [3.8, 4) is 0 Å². The molecule has 0 aromatic heterocycles. The normalized spacial score (nSPS) is 12.7. The number of hydrogen-bond donors (Lipinski definition) is 1. The number of hydrogen-bond acceptors (Lipinski definition) is 6. The molecule has 0 unspecified atom stereocenters. The Hall–Kier alpha value is -0.992. The number of ether oxygens (including phenoxy) is 2. The SMILES string of the molecule is C=COC(=O)CCCCC[Si](C)(C)O[Si](C)(C)CC[Si](C)(C)O[Si](C)(C)CCCCNC(=O)OC=C. The Morgan fingerprint density at radius 1 is 0.639 bits per heavy atom. The Labute approximate surface area is 224 Å². The van der Waals surface area contributed by atoms with E-state index in [1.807, 2.05) is 0 Å². The lowest BCUT2D eigenvalue weighted by Crippen LogP contribution is -2.48. The fraction of sp³-hybridized carbons (Fsp3) is 0.760. The minimum Gasteiger partial charge on any atom is -0.456 e. The summed E-state index contributed by atoms with van der Waals surface area (Å²) in [5.74, 6) is -0.200. The summed E-state index contributed by atoms with van der Waals surface area (Å²) in [7, 11) is -7.09. The quantitative estimate of drug-likeness (QED) is 0.0692. The van der Waals surface area contributed by atoms with Gasteiger partial charge < -0.3 is 23.0 Å². The average molecular weight is 576 g/mol. The molecule has 0 aliphatic heterocycles. The van der Waals surface area contributed by atoms with E-state index in [0.717, 1.165) is 62.5 Å². The molecule has 0 spiro atoms. The summed E-state index contributed by atoms with van der Waals surface area (Å²) in [5.41, 5.74) is 0. The molecular formula is C25H53NO6Si4. The predicted molar refractivity (Wildman–Crippen MR) is 160 cm³/mol. The van der Waals surface area contributed by atoms with Crippen LogP contribution in [-0.2, 0) is 22.5 Å². The second kappa shape index (κ2) is 16.8. The molecule has 0 aliphatic carbocycles. The first-order valence-electron chi connectivity index (χ1n) is 13.3. The van der Waals surface area contributed by atoms with Crippen LogP contribution in [0.25, 0.3) is 0 Å². The Balaban J connectivity index is 4.42. The van der Waals surface area contributed by atoms with E-state index in [2.05, 4.69) is 75.6 Å². The van der Waals surface area contributed by atoms with Gasteiger partial charge in [0.25, 0.3) is 0 Å². The number of esters is 1. The molecule has 0 fully saturated rings. The molecule has 0 bridgehead atoms. The highest BCUT2D eigenvalue weighted by atomic mass is 28.4. The molecule has 1 amide bonds. The Bertz CT molecular complexity index is 640. The standard InChI is InChI=1S/C25H53NO6Si4/c1-11-29-24(27)18-14-13-16-20-33(3,4)31-35(7,8)22-23-36(9,10)32-34(5,6)21-17-15-19-26-25(28)30-12-2/h11-12H,1-2,13-23H2,3-10H3,(H,26,28). The van der Waals surface area contributed by atoms with Crippen LogP contribution in [0.15, 0.2) is 25.7 Å². The number of rotatable bonds is 20. The molecule has 0 saturated carbocycles. The van der Waals surface area contributed by atoms with Crippen molar-refractivity contribution in [3.05, 3.63) is 25.7 Å². The van der Waals surface area contributed by atoms with Gasteiger partial charge in [-0.2, -0.15) is 0 Å². The average Bonchev–Trinajstić information content (AvgIpc) is 2.71. The lowest BCUT2D eigenvalue weighted by atomic mass is 10.2. The van der Waals surface area contributed by atoms with Crippen LogP contribution in [0, 0.1) is 0 Å². The molecule has 36 heavy (non-hydrogen) atoms. The van der Waals surface area contributed by atoms with Crippen molar-refractivity contribution in [2.45, 2.75) is 115 Å². The van der Waals surface area contributed by atoms with Gasteiger partial charge in [-0.05, 0) is 89.4 Å². The van der Waals surface area contributed by atoms with E-state index in [1.165, 1.54) is 6.26 Å². The van der Waals surface area contributed by atoms with Gasteiger partial charge in [-0.3, -0.25) is 4.79 Å². The van der Waals surface area contributed by atoms with Crippen molar-refractivity contribution in [2.24, 2.45) is 0 Å². The smallest absolute Gasteiger partial charge is 0.411 e. The summed E-state index contributed by atoms with van der Waals surface area (Å²) < 4.78 is 23.1. The monoisotopic (exact) mass is 575 g/mol. The van der Waals surface area contributed by atoms with Crippen molar-refractivity contribution in [1.82, 2.24) is 5.32 Å². The molecule has 0 aromatic carbocycles. The van der Waals surface area contributed by atoms with Gasteiger partial charge in [0.2, 0.25) is 0 Å². The molecule has 0 aliphatic rings. The van der Waals surface area contributed by atoms with E-state index in [-0.39, 0.29) is 5.97 Å². The fourth-order valence-corrected chi connectivity index (χ4v) is 25.1. The molecule has 210 valence electrons. The lowest BCUT2D eigenvalue weighted by Gasteiger charge is -2.38. The summed E-state index contributed by atoms with van der Waals surface area (Å²) >= 11 is 0. The van der Waals surface area contributed by atoms with Gasteiger partial charge in [-0.1, -0.05) is 32.4 Å². The van der Waals surface area contributed by atoms with E-state index in [0.29, 0.717) is 13.0 Å². The number of amides is 1. The van der Waals surface area contributed by atoms with Gasteiger partial charge >= 0.3 is 12.1 Å². The van der Waals surface area contributed by atoms with Gasteiger partial charge in [0.05, 0.1) is 12.5 Å². The number of carbonyl (C=O) groups is 2. The van der Waals surface area contributed by atoms with Crippen LogP contribution in [-0.4, -0.2) is 51.9 Å².